The number of likely N-dealkylation sites (tertiary alicyclic amines) is 1. The summed E-state index contributed by atoms with van der Waals surface area (Å²) < 4.78 is 0. The first-order chi connectivity index (χ1) is 18.4. The number of fused-ring (bicyclic) bond motifs is 2. The predicted octanol–water partition coefficient (Wildman–Crippen LogP) is 5.20. The minimum absolute atomic E-state index is 0.108. The van der Waals surface area contributed by atoms with Gasteiger partial charge in [-0.1, -0.05) is 23.2 Å². The summed E-state index contributed by atoms with van der Waals surface area (Å²) in [5, 5.41) is 12.0. The van der Waals surface area contributed by atoms with Crippen molar-refractivity contribution in [3.05, 3.63) is 52.3 Å². The Morgan fingerprint density at radius 1 is 1.11 bits per heavy atom. The van der Waals surface area contributed by atoms with Gasteiger partial charge in [0.25, 0.3) is 5.91 Å². The van der Waals surface area contributed by atoms with E-state index in [4.69, 9.17) is 28.2 Å². The van der Waals surface area contributed by atoms with Gasteiger partial charge in [0, 0.05) is 43.0 Å². The summed E-state index contributed by atoms with van der Waals surface area (Å²) in [6.45, 7) is 3.70. The number of hydrogen-bond donors (Lipinski definition) is 2. The Hall–Kier alpha value is -3.47. The van der Waals surface area contributed by atoms with Crippen LogP contribution in [-0.4, -0.2) is 73.1 Å². The topological polar surface area (TPSA) is 119 Å². The third-order valence-corrected chi connectivity index (χ3v) is 7.18. The molecule has 38 heavy (non-hydrogen) atoms. The number of imidazole rings is 1. The molecule has 10 nitrogen and oxygen atoms in total. The summed E-state index contributed by atoms with van der Waals surface area (Å²) in [5.74, 6) is 0.540. The molecule has 0 aliphatic carbocycles. The molecule has 1 fully saturated rings. The second-order valence-electron chi connectivity index (χ2n) is 9.13. The second-order valence-corrected chi connectivity index (χ2v) is 9.98. The minimum atomic E-state index is -0.371. The zero-order valence-corrected chi connectivity index (χ0v) is 22.3. The number of anilines is 2. The molecule has 0 saturated carbocycles. The van der Waals surface area contributed by atoms with Gasteiger partial charge in [-0.25, -0.2) is 20.0 Å². The summed E-state index contributed by atoms with van der Waals surface area (Å²) in [5.41, 5.74) is 2.43. The molecule has 12 heteroatoms. The standard InChI is InChI=1S/C26H27Cl2N7O3/c1-2-35(38)23(36)6-5-11-34(26-31-20-8-7-16(27)12-22(20)32-26)24-18-13-19(28)17(14-21(18)29-15-30-24)25(37)33-9-3-4-10-33/h7-8,12-15,38H,2-6,9-11H2,1H3,(H,31,32). The highest BCUT2D eigenvalue weighted by molar-refractivity contribution is 6.35. The van der Waals surface area contributed by atoms with Gasteiger partial charge >= 0.3 is 0 Å². The molecule has 0 bridgehead atoms. The van der Waals surface area contributed by atoms with Crippen molar-refractivity contribution in [3.8, 4) is 0 Å². The van der Waals surface area contributed by atoms with Gasteiger partial charge in [-0.3, -0.25) is 19.7 Å². The van der Waals surface area contributed by atoms with Crippen molar-refractivity contribution in [1.29, 1.82) is 0 Å². The third-order valence-electron chi connectivity index (χ3n) is 6.63. The maximum absolute atomic E-state index is 13.1. The van der Waals surface area contributed by atoms with Gasteiger partial charge in [0.2, 0.25) is 11.9 Å². The van der Waals surface area contributed by atoms with Crippen LogP contribution in [0.1, 0.15) is 43.0 Å². The normalized spacial score (nSPS) is 13.4. The van der Waals surface area contributed by atoms with E-state index in [1.165, 1.54) is 6.33 Å². The molecule has 1 saturated heterocycles. The number of hydroxylamine groups is 2. The van der Waals surface area contributed by atoms with E-state index >= 15 is 0 Å². The van der Waals surface area contributed by atoms with Crippen molar-refractivity contribution < 1.29 is 14.8 Å². The van der Waals surface area contributed by atoms with Gasteiger partial charge in [0.1, 0.15) is 12.1 Å². The van der Waals surface area contributed by atoms with Crippen LogP contribution in [-0.2, 0) is 4.79 Å². The fraction of sp³-hybridized carbons (Fsp3) is 0.346. The van der Waals surface area contributed by atoms with Crippen LogP contribution in [0.25, 0.3) is 21.9 Å². The van der Waals surface area contributed by atoms with E-state index in [2.05, 4.69) is 15.0 Å². The molecule has 5 rings (SSSR count). The van der Waals surface area contributed by atoms with Crippen molar-refractivity contribution in [1.82, 2.24) is 29.9 Å². The van der Waals surface area contributed by atoms with Crippen LogP contribution in [0.15, 0.2) is 36.7 Å². The Kier molecular flexibility index (Phi) is 7.64. The molecular weight excluding hydrogens is 529 g/mol. The predicted molar refractivity (Wildman–Crippen MR) is 146 cm³/mol. The lowest BCUT2D eigenvalue weighted by atomic mass is 10.1. The number of rotatable bonds is 8. The number of nitrogens with one attached hydrogen (secondary N) is 1. The second kappa shape index (κ2) is 11.1. The molecule has 2 aromatic heterocycles. The number of nitrogens with zero attached hydrogens (tertiary/aromatic N) is 6. The molecule has 2 amide bonds. The largest absolute Gasteiger partial charge is 0.339 e. The Bertz CT molecular complexity index is 1500. The van der Waals surface area contributed by atoms with Crippen molar-refractivity contribution in [2.24, 2.45) is 0 Å². The quantitative estimate of drug-likeness (QED) is 0.226. The summed E-state index contributed by atoms with van der Waals surface area (Å²) in [7, 11) is 0. The Balaban J connectivity index is 1.54. The molecule has 0 unspecified atom stereocenters. The van der Waals surface area contributed by atoms with Gasteiger partial charge in [0.05, 0.1) is 27.1 Å². The van der Waals surface area contributed by atoms with Crippen molar-refractivity contribution in [2.75, 3.05) is 31.1 Å². The third kappa shape index (κ3) is 5.24. The smallest absolute Gasteiger partial charge is 0.255 e. The molecule has 1 aliphatic heterocycles. The molecule has 2 N–H and O–H groups in total. The van der Waals surface area contributed by atoms with E-state index in [-0.39, 0.29) is 24.8 Å². The molecule has 4 aromatic rings. The van der Waals surface area contributed by atoms with Crippen LogP contribution in [0.3, 0.4) is 0 Å². The summed E-state index contributed by atoms with van der Waals surface area (Å²) >= 11 is 12.8. The van der Waals surface area contributed by atoms with Crippen molar-refractivity contribution in [2.45, 2.75) is 32.6 Å². The lowest BCUT2D eigenvalue weighted by Gasteiger charge is -2.23. The summed E-state index contributed by atoms with van der Waals surface area (Å²) in [6, 6.07) is 8.78. The Morgan fingerprint density at radius 3 is 2.66 bits per heavy atom. The first-order valence-corrected chi connectivity index (χ1v) is 13.3. The Labute approximate surface area is 229 Å². The highest BCUT2D eigenvalue weighted by Gasteiger charge is 2.25. The Morgan fingerprint density at radius 2 is 1.89 bits per heavy atom. The molecule has 198 valence electrons. The minimum Gasteiger partial charge on any atom is -0.339 e. The SMILES string of the molecule is CCN(O)C(=O)CCCN(c1nc2cc(Cl)ccc2[nH]1)c1ncnc2cc(C(=O)N3CCCC3)c(Cl)cc12. The maximum atomic E-state index is 13.1. The van der Waals surface area contributed by atoms with Gasteiger partial charge in [-0.2, -0.15) is 0 Å². The number of hydrogen-bond acceptors (Lipinski definition) is 7. The number of amides is 2. The van der Waals surface area contributed by atoms with Gasteiger partial charge in [-0.15, -0.1) is 0 Å². The van der Waals surface area contributed by atoms with Gasteiger partial charge in [-0.05, 0) is 56.5 Å². The molecule has 0 atom stereocenters. The van der Waals surface area contributed by atoms with E-state index in [1.807, 2.05) is 11.0 Å². The van der Waals surface area contributed by atoms with E-state index < -0.39 is 0 Å². The molecule has 0 radical (unpaired) electrons. The van der Waals surface area contributed by atoms with Crippen LogP contribution in [0.5, 0.6) is 0 Å². The number of halogens is 2. The highest BCUT2D eigenvalue weighted by Crippen LogP contribution is 2.34. The average molecular weight is 556 g/mol. The molecular formula is C26H27Cl2N7O3. The number of H-pyrrole nitrogens is 1. The van der Waals surface area contributed by atoms with Crippen LogP contribution >= 0.6 is 23.2 Å². The molecule has 0 spiro atoms. The van der Waals surface area contributed by atoms with Crippen LogP contribution < -0.4 is 4.90 Å². The van der Waals surface area contributed by atoms with Crippen molar-refractivity contribution >= 4 is 68.7 Å². The maximum Gasteiger partial charge on any atom is 0.255 e. The van der Waals surface area contributed by atoms with E-state index in [0.29, 0.717) is 74.9 Å². The molecule has 1 aliphatic rings. The van der Waals surface area contributed by atoms with Crippen molar-refractivity contribution in [3.63, 3.8) is 0 Å². The van der Waals surface area contributed by atoms with E-state index in [9.17, 15) is 14.8 Å². The first kappa shape index (κ1) is 26.1. The highest BCUT2D eigenvalue weighted by atomic mass is 35.5. The molecule has 3 heterocycles. The molecule has 2 aromatic carbocycles. The monoisotopic (exact) mass is 555 g/mol. The van der Waals surface area contributed by atoms with E-state index in [1.54, 1.807) is 36.1 Å². The van der Waals surface area contributed by atoms with Crippen LogP contribution in [0, 0.1) is 0 Å². The first-order valence-electron chi connectivity index (χ1n) is 12.5. The number of benzene rings is 2. The lowest BCUT2D eigenvalue weighted by Crippen LogP contribution is -2.28. The summed E-state index contributed by atoms with van der Waals surface area (Å²) in [4.78, 5) is 45.9. The number of carbonyl (C=O) groups excluding carboxylic acids is 2. The van der Waals surface area contributed by atoms with Gasteiger partial charge < -0.3 is 9.88 Å². The fourth-order valence-electron chi connectivity index (χ4n) is 4.63. The fourth-order valence-corrected chi connectivity index (χ4v) is 5.04. The summed E-state index contributed by atoms with van der Waals surface area (Å²) in [6.07, 6.45) is 3.94. The van der Waals surface area contributed by atoms with Crippen LogP contribution in [0.4, 0.5) is 11.8 Å². The van der Waals surface area contributed by atoms with Gasteiger partial charge in [0.15, 0.2) is 0 Å². The zero-order chi connectivity index (χ0) is 26.8. The van der Waals surface area contributed by atoms with Crippen LogP contribution in [0.2, 0.25) is 10.0 Å². The number of aromatic amines is 1. The number of aromatic nitrogens is 4. The van der Waals surface area contributed by atoms with E-state index in [0.717, 1.165) is 18.4 Å². The zero-order valence-electron chi connectivity index (χ0n) is 20.8. The average Bonchev–Trinajstić information content (AvgIpc) is 3.60. The lowest BCUT2D eigenvalue weighted by molar-refractivity contribution is -0.164. The number of carbonyl (C=O) groups is 2.